The fourth-order valence-electron chi connectivity index (χ4n) is 5.06. The third-order valence-electron chi connectivity index (χ3n) is 6.64. The van der Waals surface area contributed by atoms with Crippen LogP contribution in [0.25, 0.3) is 10.8 Å². The first-order valence-corrected chi connectivity index (χ1v) is 11.9. The molecule has 1 unspecified atom stereocenters. The van der Waals surface area contributed by atoms with Crippen molar-refractivity contribution in [2.24, 2.45) is 5.92 Å². The molecular weight excluding hydrogens is 416 g/mol. The van der Waals surface area contributed by atoms with Crippen LogP contribution >= 0.6 is 10.8 Å². The largest absolute Gasteiger partial charge is 0.504 e. The molecule has 31 heavy (non-hydrogen) atoms. The SMILES string of the molecule is C=S(C)OC[C@@H]1C2=C(O)C(=O)c3cc4c(OC)ccc(OC)c4cc3[C@]2(C)CC[C@@H]1O. The van der Waals surface area contributed by atoms with Gasteiger partial charge in [-0.05, 0) is 48.2 Å². The quantitative estimate of drug-likeness (QED) is 0.674. The molecule has 4 rings (SSSR count). The molecule has 0 heterocycles. The summed E-state index contributed by atoms with van der Waals surface area (Å²) in [5.74, 6) is 3.96. The van der Waals surface area contributed by atoms with Gasteiger partial charge in [0.15, 0.2) is 5.76 Å². The Morgan fingerprint density at radius 1 is 1.19 bits per heavy atom. The van der Waals surface area contributed by atoms with E-state index >= 15 is 0 Å². The van der Waals surface area contributed by atoms with Crippen molar-refractivity contribution in [2.45, 2.75) is 31.3 Å². The molecule has 1 saturated carbocycles. The van der Waals surface area contributed by atoms with Crippen LogP contribution in [0.5, 0.6) is 11.5 Å². The van der Waals surface area contributed by atoms with Gasteiger partial charge >= 0.3 is 0 Å². The Morgan fingerprint density at radius 3 is 2.39 bits per heavy atom. The van der Waals surface area contributed by atoms with Crippen molar-refractivity contribution in [3.63, 3.8) is 0 Å². The highest BCUT2D eigenvalue weighted by Gasteiger charge is 2.50. The summed E-state index contributed by atoms with van der Waals surface area (Å²) < 4.78 is 16.8. The molecular formula is C24H28O6S. The van der Waals surface area contributed by atoms with Gasteiger partial charge in [-0.3, -0.25) is 4.79 Å². The van der Waals surface area contributed by atoms with Gasteiger partial charge in [-0.1, -0.05) is 23.6 Å². The monoisotopic (exact) mass is 444 g/mol. The van der Waals surface area contributed by atoms with Gasteiger partial charge in [0.1, 0.15) is 11.5 Å². The number of fused-ring (bicyclic) bond motifs is 4. The molecule has 166 valence electrons. The molecule has 6 nitrogen and oxygen atoms in total. The molecule has 0 spiro atoms. The predicted octanol–water partition coefficient (Wildman–Crippen LogP) is 4.16. The minimum Gasteiger partial charge on any atom is -0.504 e. The first-order chi connectivity index (χ1) is 14.7. The summed E-state index contributed by atoms with van der Waals surface area (Å²) in [6.07, 6.45) is 2.29. The summed E-state index contributed by atoms with van der Waals surface area (Å²) in [5.41, 5.74) is 1.21. The predicted molar refractivity (Wildman–Crippen MR) is 124 cm³/mol. The van der Waals surface area contributed by atoms with E-state index in [1.807, 2.05) is 25.3 Å². The maximum absolute atomic E-state index is 13.3. The van der Waals surface area contributed by atoms with Crippen molar-refractivity contribution in [1.82, 2.24) is 0 Å². The first kappa shape index (κ1) is 21.9. The number of allylic oxidation sites excluding steroid dienone is 1. The summed E-state index contributed by atoms with van der Waals surface area (Å²) in [7, 11) is 2.66. The third kappa shape index (κ3) is 3.35. The Kier molecular flexibility index (Phi) is 5.62. The van der Waals surface area contributed by atoms with E-state index in [9.17, 15) is 15.0 Å². The number of aliphatic hydroxyl groups is 2. The Balaban J connectivity index is 1.96. The lowest BCUT2D eigenvalue weighted by atomic mass is 9.58. The van der Waals surface area contributed by atoms with Gasteiger partial charge < -0.3 is 23.9 Å². The van der Waals surface area contributed by atoms with E-state index in [-0.39, 0.29) is 12.4 Å². The fraction of sp³-hybridized carbons (Fsp3) is 0.417. The molecule has 4 atom stereocenters. The standard InChI is InChI=1S/C24H28O6S/c1-24-9-8-18(25)16(12-30-31(4)5)21(24)23(27)22(26)15-10-13-14(11-17(15)24)20(29-3)7-6-19(13)28-2/h6-7,10-11,16,18,25,27H,4,8-9,12H2,1-3,5H3/t16-,18-,24-,31?/m0/s1. The van der Waals surface area contributed by atoms with E-state index in [0.29, 0.717) is 35.5 Å². The Morgan fingerprint density at radius 2 is 1.81 bits per heavy atom. The summed E-state index contributed by atoms with van der Waals surface area (Å²) >= 11 is 0. The molecule has 0 bridgehead atoms. The van der Waals surface area contributed by atoms with Crippen LogP contribution in [-0.2, 0) is 9.60 Å². The number of aliphatic hydroxyl groups excluding tert-OH is 2. The number of hydrogen-bond donors (Lipinski definition) is 2. The smallest absolute Gasteiger partial charge is 0.227 e. The summed E-state index contributed by atoms with van der Waals surface area (Å²) in [6.45, 7) is 2.23. The van der Waals surface area contributed by atoms with Gasteiger partial charge in [0.25, 0.3) is 0 Å². The molecule has 1 fully saturated rings. The van der Waals surface area contributed by atoms with E-state index in [4.69, 9.17) is 13.7 Å². The molecule has 2 aromatic carbocycles. The molecule has 0 aliphatic heterocycles. The highest BCUT2D eigenvalue weighted by molar-refractivity contribution is 8.09. The lowest BCUT2D eigenvalue weighted by Gasteiger charge is -2.46. The molecule has 2 N–H and O–H groups in total. The van der Waals surface area contributed by atoms with Crippen LogP contribution in [0.3, 0.4) is 0 Å². The number of benzene rings is 2. The van der Waals surface area contributed by atoms with Crippen LogP contribution in [0.1, 0.15) is 35.7 Å². The number of ketones is 1. The van der Waals surface area contributed by atoms with Crippen molar-refractivity contribution in [3.05, 3.63) is 46.7 Å². The Bertz CT molecular complexity index is 1120. The molecule has 0 radical (unpaired) electrons. The average Bonchev–Trinajstić information content (AvgIpc) is 2.76. The third-order valence-corrected chi connectivity index (χ3v) is 7.18. The zero-order valence-electron chi connectivity index (χ0n) is 18.2. The number of carbonyl (C=O) groups excluding carboxylic acids is 1. The molecule has 0 amide bonds. The zero-order chi connectivity index (χ0) is 22.5. The van der Waals surface area contributed by atoms with Crippen molar-refractivity contribution in [1.29, 1.82) is 0 Å². The van der Waals surface area contributed by atoms with Crippen LogP contribution in [0, 0.1) is 5.92 Å². The van der Waals surface area contributed by atoms with Gasteiger partial charge in [-0.25, -0.2) is 0 Å². The summed E-state index contributed by atoms with van der Waals surface area (Å²) in [6, 6.07) is 7.39. The van der Waals surface area contributed by atoms with Gasteiger partial charge in [0, 0.05) is 33.9 Å². The van der Waals surface area contributed by atoms with E-state index in [0.717, 1.165) is 16.3 Å². The second-order valence-corrected chi connectivity index (χ2v) is 9.79. The van der Waals surface area contributed by atoms with Crippen molar-refractivity contribution in [3.8, 4) is 11.5 Å². The second kappa shape index (κ2) is 7.97. The first-order valence-electron chi connectivity index (χ1n) is 10.2. The molecule has 2 aliphatic carbocycles. The fourth-order valence-corrected chi connectivity index (χ4v) is 5.44. The van der Waals surface area contributed by atoms with Crippen molar-refractivity contribution < 1.29 is 28.7 Å². The maximum Gasteiger partial charge on any atom is 0.227 e. The highest BCUT2D eigenvalue weighted by atomic mass is 32.2. The number of ether oxygens (including phenoxy) is 2. The van der Waals surface area contributed by atoms with Crippen molar-refractivity contribution in [2.75, 3.05) is 27.1 Å². The topological polar surface area (TPSA) is 85.2 Å². The number of methoxy groups -OCH3 is 2. The zero-order valence-corrected chi connectivity index (χ0v) is 19.0. The van der Waals surface area contributed by atoms with Crippen LogP contribution in [0.15, 0.2) is 35.6 Å². The van der Waals surface area contributed by atoms with E-state index in [2.05, 4.69) is 5.87 Å². The lowest BCUT2D eigenvalue weighted by Crippen LogP contribution is -2.46. The normalized spacial score (nSPS) is 26.4. The number of rotatable bonds is 5. The number of hydrogen-bond acceptors (Lipinski definition) is 6. The van der Waals surface area contributed by atoms with E-state index < -0.39 is 34.0 Å². The molecule has 7 heteroatoms. The highest BCUT2D eigenvalue weighted by Crippen LogP contribution is 2.53. The van der Waals surface area contributed by atoms with Crippen LogP contribution < -0.4 is 9.47 Å². The minimum absolute atomic E-state index is 0.201. The van der Waals surface area contributed by atoms with E-state index in [1.165, 1.54) is 0 Å². The molecule has 2 aromatic rings. The van der Waals surface area contributed by atoms with Gasteiger partial charge in [0.05, 0.1) is 26.9 Å². The van der Waals surface area contributed by atoms with E-state index in [1.54, 1.807) is 26.4 Å². The average molecular weight is 445 g/mol. The number of Topliss-reactive ketones (excluding diaryl/α,β-unsaturated/α-hetero) is 1. The molecule has 0 saturated heterocycles. The van der Waals surface area contributed by atoms with Gasteiger partial charge in [0.2, 0.25) is 5.78 Å². The summed E-state index contributed by atoms with van der Waals surface area (Å²) in [4.78, 5) is 13.3. The summed E-state index contributed by atoms with van der Waals surface area (Å²) in [5, 5.41) is 23.3. The van der Waals surface area contributed by atoms with Crippen molar-refractivity contribution >= 4 is 33.2 Å². The van der Waals surface area contributed by atoms with Gasteiger partial charge in [-0.2, -0.15) is 0 Å². The van der Waals surface area contributed by atoms with Crippen LogP contribution in [0.2, 0.25) is 0 Å². The Labute approximate surface area is 184 Å². The maximum atomic E-state index is 13.3. The molecule has 2 aliphatic rings. The lowest BCUT2D eigenvalue weighted by molar-refractivity contribution is 0.0510. The van der Waals surface area contributed by atoms with Crippen LogP contribution in [0.4, 0.5) is 0 Å². The second-order valence-electron chi connectivity index (χ2n) is 8.41. The minimum atomic E-state index is -0.696. The number of carbonyl (C=O) groups is 1. The van der Waals surface area contributed by atoms with Crippen LogP contribution in [-0.4, -0.2) is 55.1 Å². The molecule has 0 aromatic heterocycles. The Hall–Kier alpha value is -2.35. The van der Waals surface area contributed by atoms with Gasteiger partial charge in [-0.15, -0.1) is 0 Å².